The van der Waals surface area contributed by atoms with Crippen LogP contribution in [0, 0.1) is 19.8 Å². The number of pyridine rings is 1. The van der Waals surface area contributed by atoms with Crippen LogP contribution >= 0.6 is 0 Å². The zero-order valence-electron chi connectivity index (χ0n) is 14.0. The van der Waals surface area contributed by atoms with E-state index in [1.165, 1.54) is 36.0 Å². The fraction of sp³-hybridized carbons (Fsp3) is 0.450. The number of nitrogens with zero attached hydrogens (tertiary/aromatic N) is 2. The minimum absolute atomic E-state index is 0.592. The van der Waals surface area contributed by atoms with Crippen molar-refractivity contribution in [1.82, 2.24) is 9.88 Å². The first-order valence-electron chi connectivity index (χ1n) is 8.67. The average Bonchev–Trinajstić information content (AvgIpc) is 3.20. The van der Waals surface area contributed by atoms with Gasteiger partial charge in [-0.1, -0.05) is 12.1 Å². The molecule has 4 atom stereocenters. The first-order chi connectivity index (χ1) is 11.1. The molecule has 2 saturated heterocycles. The first-order valence-corrected chi connectivity index (χ1v) is 8.67. The van der Waals surface area contributed by atoms with Crippen LogP contribution in [0.3, 0.4) is 0 Å². The molecular formula is C20H22N2O. The molecule has 0 spiro atoms. The quantitative estimate of drug-likeness (QED) is 0.667. The second kappa shape index (κ2) is 4.57. The smallest absolute Gasteiger partial charge is 0.227 e. The van der Waals surface area contributed by atoms with Gasteiger partial charge in [0.1, 0.15) is 5.58 Å². The first kappa shape index (κ1) is 13.6. The van der Waals surface area contributed by atoms with Crippen LogP contribution in [0.2, 0.25) is 0 Å². The number of piperidine rings is 1. The Morgan fingerprint density at radius 2 is 1.96 bits per heavy atom. The molecule has 0 N–H and O–H groups in total. The van der Waals surface area contributed by atoms with Crippen molar-refractivity contribution in [3.63, 3.8) is 0 Å². The van der Waals surface area contributed by atoms with Crippen molar-refractivity contribution in [3.05, 3.63) is 41.1 Å². The lowest BCUT2D eigenvalue weighted by Crippen LogP contribution is -2.32. The van der Waals surface area contributed by atoms with Crippen LogP contribution in [0.15, 0.2) is 28.7 Å². The lowest BCUT2D eigenvalue weighted by molar-refractivity contribution is 0.256. The number of fused-ring (bicyclic) bond motifs is 5. The molecule has 3 heteroatoms. The maximum absolute atomic E-state index is 6.28. The highest BCUT2D eigenvalue weighted by atomic mass is 16.3. The highest BCUT2D eigenvalue weighted by Gasteiger charge is 2.45. The van der Waals surface area contributed by atoms with Gasteiger partial charge in [-0.15, -0.1) is 0 Å². The van der Waals surface area contributed by atoms with E-state index in [4.69, 9.17) is 4.42 Å². The van der Waals surface area contributed by atoms with Crippen LogP contribution < -0.4 is 0 Å². The van der Waals surface area contributed by atoms with Crippen molar-refractivity contribution in [2.75, 3.05) is 13.1 Å². The summed E-state index contributed by atoms with van der Waals surface area (Å²) >= 11 is 0. The van der Waals surface area contributed by atoms with Gasteiger partial charge in [-0.25, -0.2) is 4.98 Å². The van der Waals surface area contributed by atoms with Gasteiger partial charge in [0.05, 0.1) is 0 Å². The predicted molar refractivity (Wildman–Crippen MR) is 92.9 cm³/mol. The number of benzene rings is 1. The van der Waals surface area contributed by atoms with E-state index < -0.39 is 0 Å². The number of hydrogen-bond acceptors (Lipinski definition) is 3. The molecule has 5 rings (SSSR count). The molecule has 2 aliphatic rings. The van der Waals surface area contributed by atoms with E-state index in [0.717, 1.165) is 28.3 Å². The standard InChI is InChI=1S/C20H22N2O/c1-11-4-6-15-16-7-5-12(2)21-20(16)23-19(15)17(11)18-13(3)22-9-8-14(18)10-22/h4-7,13-14,18H,8-10H2,1-3H3/t13-,14?,18?/m1/s1. The van der Waals surface area contributed by atoms with E-state index in [1.54, 1.807) is 0 Å². The van der Waals surface area contributed by atoms with Crippen LogP contribution in [0.4, 0.5) is 0 Å². The summed E-state index contributed by atoms with van der Waals surface area (Å²) in [6, 6.07) is 9.30. The fourth-order valence-corrected chi connectivity index (χ4v) is 4.92. The van der Waals surface area contributed by atoms with Gasteiger partial charge in [0.25, 0.3) is 0 Å². The summed E-state index contributed by atoms with van der Waals surface area (Å²) in [6.45, 7) is 9.14. The molecular weight excluding hydrogens is 284 g/mol. The van der Waals surface area contributed by atoms with E-state index in [2.05, 4.69) is 48.0 Å². The van der Waals surface area contributed by atoms with E-state index in [-0.39, 0.29) is 0 Å². The topological polar surface area (TPSA) is 29.3 Å². The maximum atomic E-state index is 6.28. The van der Waals surface area contributed by atoms with Crippen LogP contribution in [0.25, 0.3) is 22.1 Å². The number of aromatic nitrogens is 1. The molecule has 0 amide bonds. The number of rotatable bonds is 1. The molecule has 2 aliphatic heterocycles. The Kier molecular flexibility index (Phi) is 2.70. The second-order valence-electron chi connectivity index (χ2n) is 7.39. The molecule has 0 radical (unpaired) electrons. The molecule has 1 aromatic carbocycles. The zero-order chi connectivity index (χ0) is 15.7. The molecule has 3 aromatic rings. The Bertz CT molecular complexity index is 924. The van der Waals surface area contributed by atoms with Crippen molar-refractivity contribution in [2.24, 2.45) is 5.92 Å². The normalized spacial score (nSPS) is 29.9. The molecule has 2 fully saturated rings. The zero-order valence-corrected chi connectivity index (χ0v) is 14.0. The Balaban J connectivity index is 1.80. The van der Waals surface area contributed by atoms with E-state index in [0.29, 0.717) is 12.0 Å². The SMILES string of the molecule is Cc1ccc2c(n1)oc1c(C3C4CCN(C4)[C@@H]3C)c(C)ccc12. The van der Waals surface area contributed by atoms with E-state index in [9.17, 15) is 0 Å². The Morgan fingerprint density at radius 3 is 2.74 bits per heavy atom. The van der Waals surface area contributed by atoms with Crippen LogP contribution in [-0.2, 0) is 0 Å². The minimum Gasteiger partial charge on any atom is -0.437 e. The maximum Gasteiger partial charge on any atom is 0.227 e. The number of hydrogen-bond donors (Lipinski definition) is 0. The van der Waals surface area contributed by atoms with Crippen molar-refractivity contribution >= 4 is 22.1 Å². The van der Waals surface area contributed by atoms with Crippen LogP contribution in [-0.4, -0.2) is 29.0 Å². The third kappa shape index (κ3) is 1.77. The van der Waals surface area contributed by atoms with Gasteiger partial charge in [0.15, 0.2) is 0 Å². The van der Waals surface area contributed by atoms with Gasteiger partial charge in [0.2, 0.25) is 5.71 Å². The minimum atomic E-state index is 0.592. The summed E-state index contributed by atoms with van der Waals surface area (Å²) in [7, 11) is 0. The average molecular weight is 306 g/mol. The van der Waals surface area contributed by atoms with Gasteiger partial charge in [-0.2, -0.15) is 0 Å². The number of furan rings is 1. The second-order valence-corrected chi connectivity index (χ2v) is 7.39. The highest BCUT2D eigenvalue weighted by Crippen LogP contribution is 2.48. The summed E-state index contributed by atoms with van der Waals surface area (Å²) in [4.78, 5) is 7.24. The Hall–Kier alpha value is -1.87. The summed E-state index contributed by atoms with van der Waals surface area (Å²) in [6.07, 6.45) is 1.32. The highest BCUT2D eigenvalue weighted by molar-refractivity contribution is 6.05. The van der Waals surface area contributed by atoms with Gasteiger partial charge in [-0.3, -0.25) is 4.90 Å². The molecule has 2 bridgehead atoms. The van der Waals surface area contributed by atoms with Crippen molar-refractivity contribution in [3.8, 4) is 0 Å². The fourth-order valence-electron chi connectivity index (χ4n) is 4.92. The van der Waals surface area contributed by atoms with Gasteiger partial charge >= 0.3 is 0 Å². The summed E-state index contributed by atoms with van der Waals surface area (Å²) in [5.74, 6) is 1.37. The lowest BCUT2D eigenvalue weighted by atomic mass is 9.79. The molecule has 118 valence electrons. The van der Waals surface area contributed by atoms with Crippen LogP contribution in [0.1, 0.15) is 36.1 Å². The van der Waals surface area contributed by atoms with Gasteiger partial charge in [-0.05, 0) is 57.4 Å². The summed E-state index contributed by atoms with van der Waals surface area (Å²) in [5.41, 5.74) is 5.65. The van der Waals surface area contributed by atoms with E-state index in [1.807, 2.05) is 6.92 Å². The molecule has 3 unspecified atom stereocenters. The monoisotopic (exact) mass is 306 g/mol. The molecule has 0 aliphatic carbocycles. The predicted octanol–water partition coefficient (Wildman–Crippen LogP) is 4.41. The van der Waals surface area contributed by atoms with E-state index >= 15 is 0 Å². The third-order valence-corrected chi connectivity index (χ3v) is 6.10. The molecule has 2 aromatic heterocycles. The summed E-state index contributed by atoms with van der Waals surface area (Å²) < 4.78 is 6.28. The number of aryl methyl sites for hydroxylation is 2. The van der Waals surface area contributed by atoms with Crippen molar-refractivity contribution < 1.29 is 4.42 Å². The van der Waals surface area contributed by atoms with Gasteiger partial charge < -0.3 is 4.42 Å². The molecule has 0 saturated carbocycles. The summed E-state index contributed by atoms with van der Waals surface area (Å²) in [5, 5.41) is 2.36. The van der Waals surface area contributed by atoms with Crippen LogP contribution in [0.5, 0.6) is 0 Å². The van der Waals surface area contributed by atoms with Crippen molar-refractivity contribution in [2.45, 2.75) is 39.2 Å². The molecule has 3 nitrogen and oxygen atoms in total. The Morgan fingerprint density at radius 1 is 1.13 bits per heavy atom. The van der Waals surface area contributed by atoms with Crippen molar-refractivity contribution in [1.29, 1.82) is 0 Å². The molecule has 23 heavy (non-hydrogen) atoms. The van der Waals surface area contributed by atoms with Gasteiger partial charge in [0, 0.05) is 40.5 Å². The third-order valence-electron chi connectivity index (χ3n) is 6.10. The lowest BCUT2D eigenvalue weighted by Gasteiger charge is -2.30. The molecule has 4 heterocycles. The largest absolute Gasteiger partial charge is 0.437 e. The Labute approximate surface area is 136 Å².